The minimum absolute atomic E-state index is 0.168. The van der Waals surface area contributed by atoms with E-state index in [2.05, 4.69) is 58.8 Å². The lowest BCUT2D eigenvalue weighted by Gasteiger charge is -2.66. The summed E-state index contributed by atoms with van der Waals surface area (Å²) in [6.45, 7) is 0. The summed E-state index contributed by atoms with van der Waals surface area (Å²) in [5.41, 5.74) is 0. The predicted molar refractivity (Wildman–Crippen MR) is 148 cm³/mol. The number of rotatable bonds is 4. The molecule has 0 spiro atoms. The molecule has 1 nitrogen and oxygen atoms in total. The summed E-state index contributed by atoms with van der Waals surface area (Å²) >= 11 is 11.5. The van der Waals surface area contributed by atoms with E-state index < -0.39 is 0 Å². The molecule has 176 valence electrons. The molecule has 5 atom stereocenters. The lowest BCUT2D eigenvalue weighted by molar-refractivity contribution is -0.119. The highest BCUT2D eigenvalue weighted by molar-refractivity contribution is 8.09. The zero-order chi connectivity index (χ0) is 21.2. The van der Waals surface area contributed by atoms with Gasteiger partial charge >= 0.3 is 0 Å². The Balaban J connectivity index is 1.65. The van der Waals surface area contributed by atoms with Crippen molar-refractivity contribution < 1.29 is 4.79 Å². The standard InChI is InChI=1S/C25H40OS5/c26-20-10-9-16-28-22(20)24(13-3-7-18-30-24)25(14-4-8-19-31-25)23(12-2-6-17-29-23)21-11-1-5-15-27-21/h21-22H,1-19H2. The number of ketones is 1. The van der Waals surface area contributed by atoms with E-state index in [0.717, 1.165) is 18.1 Å². The van der Waals surface area contributed by atoms with Crippen LogP contribution in [0.1, 0.15) is 89.9 Å². The topological polar surface area (TPSA) is 17.1 Å². The molecule has 5 unspecified atom stereocenters. The number of thioether (sulfide) groups is 5. The molecule has 0 aliphatic carbocycles. The Labute approximate surface area is 211 Å². The van der Waals surface area contributed by atoms with E-state index in [9.17, 15) is 4.79 Å². The number of hydrogen-bond acceptors (Lipinski definition) is 6. The van der Waals surface area contributed by atoms with E-state index in [-0.39, 0.29) is 14.7 Å². The van der Waals surface area contributed by atoms with Crippen LogP contribution >= 0.6 is 58.8 Å². The van der Waals surface area contributed by atoms with Gasteiger partial charge in [-0.05, 0) is 86.6 Å². The van der Waals surface area contributed by atoms with Crippen LogP contribution in [0, 0.1) is 0 Å². The van der Waals surface area contributed by atoms with Crippen LogP contribution in [0.5, 0.6) is 0 Å². The normalized spacial score (nSPS) is 45.4. The first-order valence-electron chi connectivity index (χ1n) is 12.9. The van der Waals surface area contributed by atoms with Crippen LogP contribution in [0.3, 0.4) is 0 Å². The lowest BCUT2D eigenvalue weighted by Crippen LogP contribution is -2.72. The molecule has 31 heavy (non-hydrogen) atoms. The van der Waals surface area contributed by atoms with Crippen LogP contribution in [-0.4, -0.2) is 59.3 Å². The minimum Gasteiger partial charge on any atom is -0.298 e. The van der Waals surface area contributed by atoms with Crippen molar-refractivity contribution in [1.82, 2.24) is 0 Å². The first kappa shape index (κ1) is 24.1. The third-order valence-corrected chi connectivity index (χ3v) is 17.7. The Hall–Kier alpha value is 1.42. The summed E-state index contributed by atoms with van der Waals surface area (Å²) in [5.74, 6) is 7.15. The summed E-state index contributed by atoms with van der Waals surface area (Å²) in [7, 11) is 0. The molecule has 0 aromatic heterocycles. The molecule has 5 fully saturated rings. The van der Waals surface area contributed by atoms with Crippen LogP contribution in [0.4, 0.5) is 0 Å². The number of Topliss-reactive ketones (excluding diaryl/α,β-unsaturated/α-hetero) is 1. The Morgan fingerprint density at radius 1 is 0.613 bits per heavy atom. The van der Waals surface area contributed by atoms with E-state index in [1.165, 1.54) is 106 Å². The highest BCUT2D eigenvalue weighted by Crippen LogP contribution is 2.70. The predicted octanol–water partition coefficient (Wildman–Crippen LogP) is 7.70. The summed E-state index contributed by atoms with van der Waals surface area (Å²) < 4.78 is 0.832. The van der Waals surface area contributed by atoms with Gasteiger partial charge in [-0.25, -0.2) is 0 Å². The monoisotopic (exact) mass is 516 g/mol. The SMILES string of the molecule is O=C1CCCSC1C1(C2(C3(C4CCCCS4)CCCCS3)CCCCS2)CCCCS1. The highest BCUT2D eigenvalue weighted by atomic mass is 32.2. The van der Waals surface area contributed by atoms with Gasteiger partial charge in [0, 0.05) is 21.2 Å². The van der Waals surface area contributed by atoms with Crippen LogP contribution in [-0.2, 0) is 4.79 Å². The van der Waals surface area contributed by atoms with E-state index in [4.69, 9.17) is 0 Å². The van der Waals surface area contributed by atoms with Gasteiger partial charge in [-0.2, -0.15) is 47.0 Å². The van der Waals surface area contributed by atoms with Crippen LogP contribution in [0.2, 0.25) is 0 Å². The number of carbonyl (C=O) groups is 1. The van der Waals surface area contributed by atoms with Crippen molar-refractivity contribution in [3.8, 4) is 0 Å². The molecule has 0 N–H and O–H groups in total. The summed E-state index contributed by atoms with van der Waals surface area (Å²) in [6, 6.07) is 0. The Morgan fingerprint density at radius 2 is 1.26 bits per heavy atom. The van der Waals surface area contributed by atoms with Crippen molar-refractivity contribution in [2.45, 2.75) is 115 Å². The van der Waals surface area contributed by atoms with Gasteiger partial charge in [-0.3, -0.25) is 4.79 Å². The van der Waals surface area contributed by atoms with Gasteiger partial charge in [0.1, 0.15) is 5.78 Å². The third kappa shape index (κ3) is 4.20. The molecule has 0 saturated carbocycles. The van der Waals surface area contributed by atoms with Crippen molar-refractivity contribution in [3.63, 3.8) is 0 Å². The number of hydrogen-bond donors (Lipinski definition) is 0. The van der Waals surface area contributed by atoms with Gasteiger partial charge in [-0.1, -0.05) is 25.7 Å². The maximum absolute atomic E-state index is 13.6. The fraction of sp³-hybridized carbons (Fsp3) is 0.960. The Morgan fingerprint density at radius 3 is 1.84 bits per heavy atom. The van der Waals surface area contributed by atoms with E-state index in [1.54, 1.807) is 0 Å². The largest absolute Gasteiger partial charge is 0.298 e. The molecule has 6 heteroatoms. The van der Waals surface area contributed by atoms with Gasteiger partial charge in [0.05, 0.1) is 10.00 Å². The zero-order valence-corrected chi connectivity index (χ0v) is 23.1. The van der Waals surface area contributed by atoms with Gasteiger partial charge in [0.25, 0.3) is 0 Å². The summed E-state index contributed by atoms with van der Waals surface area (Å²) in [6.07, 6.45) is 18.6. The second-order valence-corrected chi connectivity index (χ2v) is 17.0. The molecular weight excluding hydrogens is 477 g/mol. The average Bonchev–Trinajstić information content (AvgIpc) is 2.86. The van der Waals surface area contributed by atoms with Crippen molar-refractivity contribution in [2.24, 2.45) is 0 Å². The molecule has 0 aromatic rings. The molecule has 0 bridgehead atoms. The lowest BCUT2D eigenvalue weighted by atomic mass is 9.67. The fourth-order valence-corrected chi connectivity index (χ4v) is 17.5. The molecule has 5 heterocycles. The first-order chi connectivity index (χ1) is 15.2. The Bertz CT molecular complexity index is 613. The molecule has 5 aliphatic rings. The zero-order valence-electron chi connectivity index (χ0n) is 19.0. The van der Waals surface area contributed by atoms with E-state index in [0.29, 0.717) is 10.5 Å². The smallest absolute Gasteiger partial charge is 0.147 e. The molecule has 5 rings (SSSR count). The highest BCUT2D eigenvalue weighted by Gasteiger charge is 2.69. The molecule has 5 aliphatic heterocycles. The second-order valence-electron chi connectivity index (χ2n) is 10.2. The van der Waals surface area contributed by atoms with Crippen molar-refractivity contribution in [3.05, 3.63) is 0 Å². The van der Waals surface area contributed by atoms with Crippen molar-refractivity contribution >= 4 is 64.6 Å². The Kier molecular flexibility index (Phi) is 8.24. The van der Waals surface area contributed by atoms with Crippen molar-refractivity contribution in [1.29, 1.82) is 0 Å². The van der Waals surface area contributed by atoms with Crippen molar-refractivity contribution in [2.75, 3.05) is 28.8 Å². The molecule has 5 saturated heterocycles. The molecular formula is C25H40OS5. The summed E-state index contributed by atoms with van der Waals surface area (Å²) in [5, 5.41) is 1.06. The fourth-order valence-electron chi connectivity index (χ4n) is 7.20. The minimum atomic E-state index is 0.168. The van der Waals surface area contributed by atoms with Crippen LogP contribution in [0.15, 0.2) is 0 Å². The van der Waals surface area contributed by atoms with Crippen LogP contribution < -0.4 is 0 Å². The van der Waals surface area contributed by atoms with Crippen LogP contribution in [0.25, 0.3) is 0 Å². The van der Waals surface area contributed by atoms with Gasteiger partial charge in [0.15, 0.2) is 0 Å². The molecule has 0 radical (unpaired) electrons. The maximum Gasteiger partial charge on any atom is 0.147 e. The first-order valence-corrected chi connectivity index (χ1v) is 18.0. The van der Waals surface area contributed by atoms with E-state index >= 15 is 0 Å². The van der Waals surface area contributed by atoms with E-state index in [1.807, 2.05) is 0 Å². The maximum atomic E-state index is 13.6. The number of carbonyl (C=O) groups excluding carboxylic acids is 1. The average molecular weight is 517 g/mol. The molecule has 0 amide bonds. The van der Waals surface area contributed by atoms with Gasteiger partial charge < -0.3 is 0 Å². The second kappa shape index (κ2) is 10.6. The van der Waals surface area contributed by atoms with Gasteiger partial charge in [-0.15, -0.1) is 11.8 Å². The molecule has 0 aromatic carbocycles. The third-order valence-electron chi connectivity index (χ3n) is 8.51. The van der Waals surface area contributed by atoms with Gasteiger partial charge in [0.2, 0.25) is 0 Å². The quantitative estimate of drug-likeness (QED) is 0.378. The summed E-state index contributed by atoms with van der Waals surface area (Å²) in [4.78, 5) is 13.6.